The third-order valence-corrected chi connectivity index (χ3v) is 5.44. The summed E-state index contributed by atoms with van der Waals surface area (Å²) in [4.78, 5) is 2.57. The van der Waals surface area contributed by atoms with Crippen molar-refractivity contribution in [2.75, 3.05) is 37.0 Å². The highest BCUT2D eigenvalue weighted by Crippen LogP contribution is 2.33. The van der Waals surface area contributed by atoms with Crippen molar-refractivity contribution >= 4 is 17.4 Å². The summed E-state index contributed by atoms with van der Waals surface area (Å²) in [7, 11) is 2.30. The van der Waals surface area contributed by atoms with Gasteiger partial charge in [-0.15, -0.1) is 0 Å². The van der Waals surface area contributed by atoms with Crippen LogP contribution in [0, 0.1) is 0 Å². The van der Waals surface area contributed by atoms with Crippen molar-refractivity contribution in [3.63, 3.8) is 0 Å². The minimum absolute atomic E-state index is 0.706. The van der Waals surface area contributed by atoms with E-state index in [0.29, 0.717) is 5.92 Å². The van der Waals surface area contributed by atoms with Crippen LogP contribution in [0.2, 0.25) is 0 Å². The predicted octanol–water partition coefficient (Wildman–Crippen LogP) is 3.02. The van der Waals surface area contributed by atoms with Crippen LogP contribution < -0.4 is 5.32 Å². The number of rotatable bonds is 4. The van der Waals surface area contributed by atoms with E-state index in [1.54, 1.807) is 0 Å². The predicted molar refractivity (Wildman–Crippen MR) is 80.6 cm³/mol. The Labute approximate surface area is 114 Å². The van der Waals surface area contributed by atoms with Gasteiger partial charge in [0.1, 0.15) is 0 Å². The molecule has 1 aromatic carbocycles. The molecule has 0 bridgehead atoms. The quantitative estimate of drug-likeness (QED) is 0.898. The van der Waals surface area contributed by atoms with Crippen molar-refractivity contribution in [2.24, 2.45) is 0 Å². The van der Waals surface area contributed by atoms with E-state index < -0.39 is 0 Å². The van der Waals surface area contributed by atoms with Gasteiger partial charge < -0.3 is 10.2 Å². The van der Waals surface area contributed by atoms with Crippen molar-refractivity contribution in [2.45, 2.75) is 24.8 Å². The summed E-state index contributed by atoms with van der Waals surface area (Å²) in [6.45, 7) is 2.35. The second-order valence-corrected chi connectivity index (χ2v) is 6.60. The van der Waals surface area contributed by atoms with Gasteiger partial charge in [-0.3, -0.25) is 0 Å². The van der Waals surface area contributed by atoms with Gasteiger partial charge in [-0.2, -0.15) is 11.8 Å². The molecule has 1 N–H and O–H groups in total. The summed E-state index contributed by atoms with van der Waals surface area (Å²) in [6, 6.07) is 9.59. The third-order valence-electron chi connectivity index (χ3n) is 4.30. The number of para-hydroxylation sites is 1. The van der Waals surface area contributed by atoms with Crippen molar-refractivity contribution in [3.05, 3.63) is 29.8 Å². The Morgan fingerprint density at radius 1 is 1.39 bits per heavy atom. The number of thioether (sulfide) groups is 1. The van der Waals surface area contributed by atoms with Crippen LogP contribution in [-0.2, 0) is 0 Å². The number of hydrogen-bond acceptors (Lipinski definition) is 3. The van der Waals surface area contributed by atoms with Crippen LogP contribution >= 0.6 is 11.8 Å². The Balaban J connectivity index is 1.55. The molecule has 98 valence electrons. The molecule has 0 amide bonds. The maximum Gasteiger partial charge on any atom is 0.0376 e. The van der Waals surface area contributed by atoms with Crippen LogP contribution in [0.15, 0.2) is 24.3 Å². The van der Waals surface area contributed by atoms with E-state index in [-0.39, 0.29) is 0 Å². The molecule has 2 heterocycles. The highest BCUT2D eigenvalue weighted by molar-refractivity contribution is 7.99. The third kappa shape index (κ3) is 2.52. The lowest BCUT2D eigenvalue weighted by atomic mass is 9.97. The first-order valence-corrected chi connectivity index (χ1v) is 8.11. The fourth-order valence-electron chi connectivity index (χ4n) is 3.03. The zero-order chi connectivity index (χ0) is 12.4. The number of anilines is 1. The van der Waals surface area contributed by atoms with E-state index in [9.17, 15) is 0 Å². The lowest BCUT2D eigenvalue weighted by Gasteiger charge is -2.24. The fourth-order valence-corrected chi connectivity index (χ4v) is 4.33. The minimum Gasteiger partial charge on any atom is -0.384 e. The molecule has 2 aliphatic heterocycles. The minimum atomic E-state index is 0.706. The summed E-state index contributed by atoms with van der Waals surface area (Å²) in [5, 5.41) is 3.52. The molecule has 1 fully saturated rings. The Morgan fingerprint density at radius 2 is 2.28 bits per heavy atom. The number of hydrogen-bond donors (Lipinski definition) is 1. The Hall–Kier alpha value is -0.670. The molecule has 0 saturated carbocycles. The molecule has 18 heavy (non-hydrogen) atoms. The molecule has 2 atom stereocenters. The molecule has 0 spiro atoms. The van der Waals surface area contributed by atoms with Crippen LogP contribution in [0.4, 0.5) is 5.69 Å². The van der Waals surface area contributed by atoms with Gasteiger partial charge in [0.2, 0.25) is 0 Å². The van der Waals surface area contributed by atoms with Crippen LogP contribution in [0.25, 0.3) is 0 Å². The molecule has 2 aliphatic rings. The van der Waals surface area contributed by atoms with Crippen molar-refractivity contribution in [3.8, 4) is 0 Å². The first-order chi connectivity index (χ1) is 8.84. The molecule has 1 saturated heterocycles. The first-order valence-electron chi connectivity index (χ1n) is 6.95. The van der Waals surface area contributed by atoms with Gasteiger partial charge in [-0.05, 0) is 43.8 Å². The second kappa shape index (κ2) is 5.54. The average molecular weight is 262 g/mol. The Morgan fingerprint density at radius 3 is 3.11 bits per heavy atom. The van der Waals surface area contributed by atoms with Crippen molar-refractivity contribution in [1.82, 2.24) is 4.90 Å². The summed E-state index contributed by atoms with van der Waals surface area (Å²) >= 11 is 2.10. The molecule has 0 radical (unpaired) electrons. The molecular formula is C15H22N2S. The molecule has 3 rings (SSSR count). The maximum absolute atomic E-state index is 3.52. The average Bonchev–Trinajstić information content (AvgIpc) is 3.06. The highest BCUT2D eigenvalue weighted by atomic mass is 32.2. The standard InChI is InChI=1S/C15H22N2S/c1-17(13-7-9-18-11-13)8-6-12-10-16-15-5-3-2-4-14(12)15/h2-5,12-13,16H,6-11H2,1H3. The Bertz CT molecular complexity index is 401. The van der Waals surface area contributed by atoms with Gasteiger partial charge in [0.05, 0.1) is 0 Å². The largest absolute Gasteiger partial charge is 0.384 e. The summed E-state index contributed by atoms with van der Waals surface area (Å²) in [5.41, 5.74) is 2.87. The second-order valence-electron chi connectivity index (χ2n) is 5.45. The molecule has 2 unspecified atom stereocenters. The van der Waals surface area contributed by atoms with Gasteiger partial charge in [-0.25, -0.2) is 0 Å². The van der Waals surface area contributed by atoms with Crippen LogP contribution in [0.5, 0.6) is 0 Å². The Kier molecular flexibility index (Phi) is 3.80. The van der Waals surface area contributed by atoms with Gasteiger partial charge in [-0.1, -0.05) is 18.2 Å². The SMILES string of the molecule is CN(CCC1CNc2ccccc21)C1CCSC1. The zero-order valence-corrected chi connectivity index (χ0v) is 11.9. The van der Waals surface area contributed by atoms with Gasteiger partial charge in [0, 0.05) is 29.9 Å². The van der Waals surface area contributed by atoms with E-state index >= 15 is 0 Å². The lowest BCUT2D eigenvalue weighted by molar-refractivity contribution is 0.254. The van der Waals surface area contributed by atoms with E-state index in [4.69, 9.17) is 0 Å². The molecule has 0 aromatic heterocycles. The topological polar surface area (TPSA) is 15.3 Å². The van der Waals surface area contributed by atoms with E-state index in [1.165, 1.54) is 42.1 Å². The summed E-state index contributed by atoms with van der Waals surface area (Å²) < 4.78 is 0. The number of nitrogens with one attached hydrogen (secondary N) is 1. The molecule has 2 nitrogen and oxygen atoms in total. The monoisotopic (exact) mass is 262 g/mol. The molecular weight excluding hydrogens is 240 g/mol. The van der Waals surface area contributed by atoms with Gasteiger partial charge in [0.15, 0.2) is 0 Å². The zero-order valence-electron chi connectivity index (χ0n) is 11.1. The number of nitrogens with zero attached hydrogens (tertiary/aromatic N) is 1. The molecule has 3 heteroatoms. The van der Waals surface area contributed by atoms with E-state index in [1.807, 2.05) is 0 Å². The van der Waals surface area contributed by atoms with Crippen LogP contribution in [0.3, 0.4) is 0 Å². The number of benzene rings is 1. The first kappa shape index (κ1) is 12.4. The smallest absolute Gasteiger partial charge is 0.0376 e. The lowest BCUT2D eigenvalue weighted by Crippen LogP contribution is -2.33. The summed E-state index contributed by atoms with van der Waals surface area (Å²) in [5.74, 6) is 3.39. The molecule has 0 aliphatic carbocycles. The van der Waals surface area contributed by atoms with E-state index in [2.05, 4.69) is 53.3 Å². The van der Waals surface area contributed by atoms with Crippen molar-refractivity contribution < 1.29 is 0 Å². The van der Waals surface area contributed by atoms with Crippen LogP contribution in [0.1, 0.15) is 24.3 Å². The van der Waals surface area contributed by atoms with E-state index in [0.717, 1.165) is 12.6 Å². The molecule has 1 aromatic rings. The highest BCUT2D eigenvalue weighted by Gasteiger charge is 2.24. The fraction of sp³-hybridized carbons (Fsp3) is 0.600. The number of fused-ring (bicyclic) bond motifs is 1. The van der Waals surface area contributed by atoms with Gasteiger partial charge >= 0.3 is 0 Å². The van der Waals surface area contributed by atoms with Crippen molar-refractivity contribution in [1.29, 1.82) is 0 Å². The summed E-state index contributed by atoms with van der Waals surface area (Å²) in [6.07, 6.45) is 2.66. The maximum atomic E-state index is 3.52. The normalized spacial score (nSPS) is 26.3. The van der Waals surface area contributed by atoms with Gasteiger partial charge in [0.25, 0.3) is 0 Å². The van der Waals surface area contributed by atoms with Crippen LogP contribution in [-0.4, -0.2) is 42.6 Å².